The summed E-state index contributed by atoms with van der Waals surface area (Å²) < 4.78 is 12.5. The Morgan fingerprint density at radius 1 is 1.24 bits per heavy atom. The van der Waals surface area contributed by atoms with Crippen LogP contribution >= 0.6 is 12.4 Å². The van der Waals surface area contributed by atoms with Crippen molar-refractivity contribution in [3.63, 3.8) is 0 Å². The molecule has 2 aliphatic rings. The van der Waals surface area contributed by atoms with E-state index in [4.69, 9.17) is 20.2 Å². The van der Waals surface area contributed by atoms with Gasteiger partial charge in [-0.1, -0.05) is 13.8 Å². The van der Waals surface area contributed by atoms with Gasteiger partial charge in [-0.25, -0.2) is 9.78 Å². The van der Waals surface area contributed by atoms with Crippen LogP contribution in [0.2, 0.25) is 0 Å². The highest BCUT2D eigenvalue weighted by atomic mass is 35.5. The Kier molecular flexibility index (Phi) is 7.16. The number of nitrogens with two attached hydrogens (primary N) is 1. The van der Waals surface area contributed by atoms with Crippen molar-refractivity contribution < 1.29 is 24.2 Å². The van der Waals surface area contributed by atoms with Gasteiger partial charge in [0, 0.05) is 16.5 Å². The highest BCUT2D eigenvalue weighted by Crippen LogP contribution is 2.41. The number of hydrogen-bond donors (Lipinski definition) is 2. The number of carbonyl (C=O) groups is 2. The Bertz CT molecular complexity index is 1530. The average Bonchev–Trinajstić information content (AvgIpc) is 3.23. The zero-order valence-corrected chi connectivity index (χ0v) is 22.7. The van der Waals surface area contributed by atoms with Gasteiger partial charge in [-0.05, 0) is 69.5 Å². The number of halogens is 1. The molecule has 0 aliphatic carbocycles. The Balaban J connectivity index is 0.00000336. The first-order chi connectivity index (χ1) is 17.6. The molecule has 5 rings (SSSR count). The predicted octanol–water partition coefficient (Wildman–Crippen LogP) is 3.34. The number of ether oxygens (including phenoxy) is 2. The number of aliphatic hydroxyl groups is 1. The van der Waals surface area contributed by atoms with Crippen molar-refractivity contribution in [2.45, 2.75) is 65.7 Å². The van der Waals surface area contributed by atoms with Gasteiger partial charge in [0.15, 0.2) is 5.60 Å². The van der Waals surface area contributed by atoms with E-state index in [9.17, 15) is 19.5 Å². The molecule has 0 saturated heterocycles. The summed E-state index contributed by atoms with van der Waals surface area (Å²) >= 11 is 0. The second-order valence-corrected chi connectivity index (χ2v) is 10.4. The van der Waals surface area contributed by atoms with Gasteiger partial charge in [0.2, 0.25) is 0 Å². The number of esters is 2. The van der Waals surface area contributed by atoms with Crippen LogP contribution in [0.4, 0.5) is 0 Å². The van der Waals surface area contributed by atoms with Crippen LogP contribution in [0.1, 0.15) is 62.8 Å². The van der Waals surface area contributed by atoms with Crippen molar-refractivity contribution >= 4 is 35.2 Å². The number of pyridine rings is 2. The maximum Gasteiger partial charge on any atom is 0.343 e. The molecule has 38 heavy (non-hydrogen) atoms. The van der Waals surface area contributed by atoms with E-state index in [-0.39, 0.29) is 48.1 Å². The van der Waals surface area contributed by atoms with E-state index in [2.05, 4.69) is 0 Å². The molecule has 0 saturated carbocycles. The predicted molar refractivity (Wildman–Crippen MR) is 144 cm³/mol. The number of cyclic esters (lactones) is 1. The number of rotatable bonds is 6. The Morgan fingerprint density at radius 3 is 2.63 bits per heavy atom. The smallest absolute Gasteiger partial charge is 0.343 e. The van der Waals surface area contributed by atoms with E-state index in [1.807, 2.05) is 26.8 Å². The van der Waals surface area contributed by atoms with E-state index in [1.165, 1.54) is 0 Å². The van der Waals surface area contributed by atoms with Crippen molar-refractivity contribution in [1.29, 1.82) is 0 Å². The second-order valence-electron chi connectivity index (χ2n) is 10.4. The van der Waals surface area contributed by atoms with Crippen molar-refractivity contribution in [1.82, 2.24) is 9.55 Å². The van der Waals surface area contributed by atoms with E-state index in [0.29, 0.717) is 48.6 Å². The lowest BCUT2D eigenvalue weighted by atomic mass is 9.86. The topological polar surface area (TPSA) is 134 Å². The number of aromatic nitrogens is 2. The zero-order chi connectivity index (χ0) is 26.7. The highest BCUT2D eigenvalue weighted by Gasteiger charge is 2.45. The maximum absolute atomic E-state index is 13.5. The molecule has 3 aromatic rings. The zero-order valence-electron chi connectivity index (χ0n) is 21.9. The van der Waals surface area contributed by atoms with Crippen LogP contribution in [0.25, 0.3) is 22.3 Å². The molecule has 0 radical (unpaired) electrons. The molecule has 10 heteroatoms. The molecule has 2 aliphatic heterocycles. The quantitative estimate of drug-likeness (QED) is 0.280. The fourth-order valence-corrected chi connectivity index (χ4v) is 5.32. The SMILES string of the molecule is CCc1c2c(nc3ccc(OC(=O)C(C)(C)CCN)cc13)-c1cc3c(c(=O)n1C2)COC(=O)[C@]3(O)CC.Cl. The lowest BCUT2D eigenvalue weighted by molar-refractivity contribution is -0.172. The summed E-state index contributed by atoms with van der Waals surface area (Å²) in [4.78, 5) is 43.5. The molecule has 1 aromatic carbocycles. The Hall–Kier alpha value is -3.27. The summed E-state index contributed by atoms with van der Waals surface area (Å²) in [5.41, 5.74) is 7.16. The van der Waals surface area contributed by atoms with Crippen LogP contribution in [0.5, 0.6) is 5.75 Å². The summed E-state index contributed by atoms with van der Waals surface area (Å²) in [5.74, 6) is -0.678. The minimum atomic E-state index is -1.87. The molecule has 0 fully saturated rings. The van der Waals surface area contributed by atoms with Crippen molar-refractivity contribution in [3.05, 3.63) is 56.9 Å². The van der Waals surface area contributed by atoms with Crippen LogP contribution in [-0.4, -0.2) is 33.1 Å². The van der Waals surface area contributed by atoms with Gasteiger partial charge in [-0.3, -0.25) is 9.59 Å². The van der Waals surface area contributed by atoms with Crippen LogP contribution < -0.4 is 16.0 Å². The highest BCUT2D eigenvalue weighted by molar-refractivity contribution is 5.90. The Morgan fingerprint density at radius 2 is 1.97 bits per heavy atom. The van der Waals surface area contributed by atoms with Crippen LogP contribution in [0.15, 0.2) is 29.1 Å². The number of benzene rings is 1. The molecule has 2 aromatic heterocycles. The largest absolute Gasteiger partial charge is 0.458 e. The van der Waals surface area contributed by atoms with Gasteiger partial charge in [0.1, 0.15) is 12.4 Å². The molecular formula is C28H32ClN3O6. The fourth-order valence-electron chi connectivity index (χ4n) is 5.32. The van der Waals surface area contributed by atoms with E-state index in [0.717, 1.165) is 16.5 Å². The van der Waals surface area contributed by atoms with E-state index < -0.39 is 17.0 Å². The van der Waals surface area contributed by atoms with E-state index >= 15 is 0 Å². The van der Waals surface area contributed by atoms with Crippen molar-refractivity contribution in [2.24, 2.45) is 11.1 Å². The molecular weight excluding hydrogens is 510 g/mol. The van der Waals surface area contributed by atoms with Gasteiger partial charge in [-0.15, -0.1) is 12.4 Å². The normalized spacial score (nSPS) is 17.8. The fraction of sp³-hybridized carbons (Fsp3) is 0.429. The number of nitrogens with zero attached hydrogens (tertiary/aromatic N) is 2. The lowest BCUT2D eigenvalue weighted by Crippen LogP contribution is -2.44. The number of hydrogen-bond acceptors (Lipinski definition) is 8. The standard InChI is InChI=1S/C28H31N3O6.ClH/c1-5-16-17-11-15(37-25(33)27(3,4)9-10-29)7-8-21(17)30-23-18(16)13-31-22(23)12-20-19(24(31)32)14-36-26(34)28(20,35)6-2;/h7-8,11-12,35H,5-6,9-10,13-14,29H2,1-4H3;1H/t28-;/m0./s1. The van der Waals surface area contributed by atoms with Crippen LogP contribution in [0.3, 0.4) is 0 Å². The van der Waals surface area contributed by atoms with Crippen LogP contribution in [-0.2, 0) is 39.5 Å². The first-order valence-electron chi connectivity index (χ1n) is 12.6. The molecule has 9 nitrogen and oxygen atoms in total. The maximum atomic E-state index is 13.5. The first kappa shape index (κ1) is 27.8. The lowest BCUT2D eigenvalue weighted by Gasteiger charge is -2.31. The van der Waals surface area contributed by atoms with Gasteiger partial charge in [-0.2, -0.15) is 0 Å². The van der Waals surface area contributed by atoms with Gasteiger partial charge < -0.3 is 24.9 Å². The summed E-state index contributed by atoms with van der Waals surface area (Å²) in [6.45, 7) is 7.85. The Labute approximate surface area is 226 Å². The summed E-state index contributed by atoms with van der Waals surface area (Å²) in [6.07, 6.45) is 1.26. The third-order valence-corrected chi connectivity index (χ3v) is 7.66. The summed E-state index contributed by atoms with van der Waals surface area (Å²) in [7, 11) is 0. The third kappa shape index (κ3) is 4.09. The molecule has 1 atom stereocenters. The summed E-state index contributed by atoms with van der Waals surface area (Å²) in [5, 5.41) is 11.9. The average molecular weight is 542 g/mol. The molecule has 3 N–H and O–H groups in total. The molecule has 202 valence electrons. The summed E-state index contributed by atoms with van der Waals surface area (Å²) in [6, 6.07) is 7.03. The minimum Gasteiger partial charge on any atom is -0.458 e. The molecule has 0 unspecified atom stereocenters. The molecule has 0 bridgehead atoms. The third-order valence-electron chi connectivity index (χ3n) is 7.66. The minimum absolute atomic E-state index is 0. The molecule has 0 amide bonds. The first-order valence-corrected chi connectivity index (χ1v) is 12.6. The van der Waals surface area contributed by atoms with Gasteiger partial charge in [0.05, 0.1) is 34.4 Å². The molecule has 0 spiro atoms. The van der Waals surface area contributed by atoms with Gasteiger partial charge in [0.25, 0.3) is 5.56 Å². The number of carbonyl (C=O) groups excluding carboxylic acids is 2. The van der Waals surface area contributed by atoms with Crippen LogP contribution in [0, 0.1) is 5.41 Å². The number of fused-ring (bicyclic) bond motifs is 5. The van der Waals surface area contributed by atoms with Crippen molar-refractivity contribution in [2.75, 3.05) is 6.54 Å². The van der Waals surface area contributed by atoms with Crippen molar-refractivity contribution in [3.8, 4) is 17.1 Å². The molecule has 4 heterocycles. The monoisotopic (exact) mass is 541 g/mol. The number of aryl methyl sites for hydroxylation is 1. The van der Waals surface area contributed by atoms with E-state index in [1.54, 1.807) is 29.7 Å². The second kappa shape index (κ2) is 9.80. The van der Waals surface area contributed by atoms with Gasteiger partial charge >= 0.3 is 11.9 Å².